The monoisotopic (exact) mass is 437 g/mol. The van der Waals surface area contributed by atoms with Gasteiger partial charge < -0.3 is 5.32 Å². The standard InChI is InChI=1S/C22H20ClN5OS/c1-16-9-10-18(13-19(16)23)24-20(29)15-30-22-26-25-21(27-11-5-6-12-27)28(22)14-17-7-3-2-4-8-17/h2-13H,14-15H2,1H3,(H,24,29). The maximum atomic E-state index is 12.4. The highest BCUT2D eigenvalue weighted by Gasteiger charge is 2.16. The lowest BCUT2D eigenvalue weighted by atomic mass is 10.2. The Labute approximate surface area is 183 Å². The number of anilines is 1. The summed E-state index contributed by atoms with van der Waals surface area (Å²) in [6.07, 6.45) is 3.85. The number of hydrogen-bond acceptors (Lipinski definition) is 4. The molecule has 0 saturated carbocycles. The molecule has 0 radical (unpaired) electrons. The number of nitrogens with one attached hydrogen (secondary N) is 1. The van der Waals surface area contributed by atoms with Gasteiger partial charge in [0.05, 0.1) is 12.3 Å². The van der Waals surface area contributed by atoms with Crippen molar-refractivity contribution in [1.82, 2.24) is 19.3 Å². The van der Waals surface area contributed by atoms with E-state index in [4.69, 9.17) is 11.6 Å². The van der Waals surface area contributed by atoms with Gasteiger partial charge in [0.2, 0.25) is 11.9 Å². The molecule has 2 aromatic carbocycles. The minimum atomic E-state index is -0.128. The van der Waals surface area contributed by atoms with Crippen molar-refractivity contribution in [1.29, 1.82) is 0 Å². The van der Waals surface area contributed by atoms with Gasteiger partial charge >= 0.3 is 0 Å². The maximum Gasteiger partial charge on any atom is 0.236 e. The Bertz CT molecular complexity index is 1140. The number of amides is 1. The van der Waals surface area contributed by atoms with Gasteiger partial charge in [-0.1, -0.05) is 59.8 Å². The zero-order valence-corrected chi connectivity index (χ0v) is 17.9. The van der Waals surface area contributed by atoms with Crippen molar-refractivity contribution in [2.24, 2.45) is 0 Å². The minimum absolute atomic E-state index is 0.128. The second kappa shape index (κ2) is 9.19. The quantitative estimate of drug-likeness (QED) is 0.421. The van der Waals surface area contributed by atoms with E-state index in [1.165, 1.54) is 11.8 Å². The Morgan fingerprint density at radius 2 is 1.83 bits per heavy atom. The van der Waals surface area contributed by atoms with Gasteiger partial charge in [0, 0.05) is 23.1 Å². The number of halogens is 1. The van der Waals surface area contributed by atoms with E-state index in [0.29, 0.717) is 28.4 Å². The summed E-state index contributed by atoms with van der Waals surface area (Å²) in [6, 6.07) is 19.5. The normalized spacial score (nSPS) is 10.9. The Hall–Kier alpha value is -3.03. The number of thioether (sulfide) groups is 1. The third-order valence-corrected chi connectivity index (χ3v) is 5.88. The molecule has 0 saturated heterocycles. The summed E-state index contributed by atoms with van der Waals surface area (Å²) in [7, 11) is 0. The molecule has 0 aliphatic carbocycles. The molecule has 4 rings (SSSR count). The summed E-state index contributed by atoms with van der Waals surface area (Å²) in [5.74, 6) is 0.790. The van der Waals surface area contributed by atoms with Crippen LogP contribution in [-0.4, -0.2) is 31.0 Å². The first-order valence-corrected chi connectivity index (χ1v) is 10.8. The first-order valence-electron chi connectivity index (χ1n) is 9.39. The Morgan fingerprint density at radius 1 is 1.07 bits per heavy atom. The van der Waals surface area contributed by atoms with Crippen LogP contribution >= 0.6 is 23.4 Å². The summed E-state index contributed by atoms with van der Waals surface area (Å²) < 4.78 is 3.92. The van der Waals surface area contributed by atoms with Crippen LogP contribution in [0.15, 0.2) is 78.2 Å². The Morgan fingerprint density at radius 3 is 2.57 bits per heavy atom. The molecule has 6 nitrogen and oxygen atoms in total. The molecular weight excluding hydrogens is 418 g/mol. The van der Waals surface area contributed by atoms with Crippen molar-refractivity contribution in [3.8, 4) is 5.95 Å². The fourth-order valence-electron chi connectivity index (χ4n) is 2.95. The molecule has 4 aromatic rings. The first kappa shape index (κ1) is 20.3. The number of rotatable bonds is 7. The van der Waals surface area contributed by atoms with Crippen molar-refractivity contribution < 1.29 is 4.79 Å². The molecular formula is C22H20ClN5OS. The van der Waals surface area contributed by atoms with E-state index in [0.717, 1.165) is 11.1 Å². The van der Waals surface area contributed by atoms with Crippen LogP contribution in [0.3, 0.4) is 0 Å². The van der Waals surface area contributed by atoms with Crippen molar-refractivity contribution >= 4 is 35.0 Å². The Balaban J connectivity index is 1.50. The van der Waals surface area contributed by atoms with E-state index >= 15 is 0 Å². The fourth-order valence-corrected chi connectivity index (χ4v) is 3.86. The third-order valence-electron chi connectivity index (χ3n) is 4.50. The highest BCUT2D eigenvalue weighted by atomic mass is 35.5. The number of nitrogens with zero attached hydrogens (tertiary/aromatic N) is 4. The van der Waals surface area contributed by atoms with Gasteiger partial charge in [0.25, 0.3) is 0 Å². The summed E-state index contributed by atoms with van der Waals surface area (Å²) in [6.45, 7) is 2.53. The number of aromatic nitrogens is 4. The molecule has 30 heavy (non-hydrogen) atoms. The zero-order chi connectivity index (χ0) is 20.9. The van der Waals surface area contributed by atoms with Crippen molar-refractivity contribution in [3.05, 3.63) is 89.2 Å². The van der Waals surface area contributed by atoms with Gasteiger partial charge in [0.15, 0.2) is 5.16 Å². The predicted molar refractivity (Wildman–Crippen MR) is 120 cm³/mol. The number of carbonyl (C=O) groups is 1. The number of hydrogen-bond donors (Lipinski definition) is 1. The lowest BCUT2D eigenvalue weighted by Crippen LogP contribution is -2.15. The van der Waals surface area contributed by atoms with E-state index in [1.807, 2.05) is 70.9 Å². The van der Waals surface area contributed by atoms with Gasteiger partial charge in [-0.2, -0.15) is 0 Å². The molecule has 1 amide bonds. The molecule has 0 aliphatic heterocycles. The lowest BCUT2D eigenvalue weighted by molar-refractivity contribution is -0.113. The number of carbonyl (C=O) groups excluding carboxylic acids is 1. The van der Waals surface area contributed by atoms with E-state index in [2.05, 4.69) is 27.6 Å². The van der Waals surface area contributed by atoms with Crippen molar-refractivity contribution in [2.45, 2.75) is 18.6 Å². The summed E-state index contributed by atoms with van der Waals surface area (Å²) in [4.78, 5) is 12.4. The zero-order valence-electron chi connectivity index (χ0n) is 16.3. The van der Waals surface area contributed by atoms with Crippen molar-refractivity contribution in [3.63, 3.8) is 0 Å². The molecule has 1 N–H and O–H groups in total. The average molecular weight is 438 g/mol. The average Bonchev–Trinajstić information content (AvgIpc) is 3.40. The van der Waals surface area contributed by atoms with Crippen LogP contribution < -0.4 is 5.32 Å². The molecule has 8 heteroatoms. The molecule has 0 spiro atoms. The third kappa shape index (κ3) is 4.75. The summed E-state index contributed by atoms with van der Waals surface area (Å²) in [5.41, 5.74) is 2.77. The van der Waals surface area contributed by atoms with E-state index in [1.54, 1.807) is 6.07 Å². The molecule has 0 bridgehead atoms. The molecule has 2 heterocycles. The second-order valence-electron chi connectivity index (χ2n) is 6.75. The molecule has 0 fully saturated rings. The van der Waals surface area contributed by atoms with E-state index < -0.39 is 0 Å². The van der Waals surface area contributed by atoms with Crippen LogP contribution in [0.4, 0.5) is 5.69 Å². The predicted octanol–water partition coefficient (Wildman–Crippen LogP) is 4.81. The highest BCUT2D eigenvalue weighted by Crippen LogP contribution is 2.23. The van der Waals surface area contributed by atoms with Gasteiger partial charge in [-0.15, -0.1) is 10.2 Å². The lowest BCUT2D eigenvalue weighted by Gasteiger charge is -2.11. The summed E-state index contributed by atoms with van der Waals surface area (Å²) in [5, 5.41) is 12.9. The largest absolute Gasteiger partial charge is 0.325 e. The highest BCUT2D eigenvalue weighted by molar-refractivity contribution is 7.99. The van der Waals surface area contributed by atoms with Gasteiger partial charge in [-0.25, -0.2) is 0 Å². The van der Waals surface area contributed by atoms with Gasteiger partial charge in [-0.3, -0.25) is 13.9 Å². The maximum absolute atomic E-state index is 12.4. The first-order chi connectivity index (χ1) is 14.6. The van der Waals surface area contributed by atoms with E-state index in [-0.39, 0.29) is 11.7 Å². The number of aryl methyl sites for hydroxylation is 1. The minimum Gasteiger partial charge on any atom is -0.325 e. The van der Waals surface area contributed by atoms with Gasteiger partial charge in [-0.05, 0) is 42.3 Å². The molecule has 0 atom stereocenters. The SMILES string of the molecule is Cc1ccc(NC(=O)CSc2nnc(-n3cccc3)n2Cc2ccccc2)cc1Cl. The molecule has 2 aromatic heterocycles. The Kier molecular flexibility index (Phi) is 6.21. The van der Waals surface area contributed by atoms with Crippen LogP contribution in [0.1, 0.15) is 11.1 Å². The van der Waals surface area contributed by atoms with Crippen LogP contribution in [0, 0.1) is 6.92 Å². The smallest absolute Gasteiger partial charge is 0.236 e. The van der Waals surface area contributed by atoms with Crippen LogP contribution in [-0.2, 0) is 11.3 Å². The fraction of sp³-hybridized carbons (Fsp3) is 0.136. The molecule has 0 unspecified atom stereocenters. The molecule has 152 valence electrons. The van der Waals surface area contributed by atoms with Crippen LogP contribution in [0.2, 0.25) is 5.02 Å². The number of benzene rings is 2. The van der Waals surface area contributed by atoms with Crippen molar-refractivity contribution in [2.75, 3.05) is 11.1 Å². The van der Waals surface area contributed by atoms with Gasteiger partial charge in [0.1, 0.15) is 0 Å². The summed E-state index contributed by atoms with van der Waals surface area (Å²) >= 11 is 7.49. The van der Waals surface area contributed by atoms with E-state index in [9.17, 15) is 4.79 Å². The topological polar surface area (TPSA) is 64.7 Å². The van der Waals surface area contributed by atoms with Crippen LogP contribution in [0.25, 0.3) is 5.95 Å². The molecule has 0 aliphatic rings. The second-order valence-corrected chi connectivity index (χ2v) is 8.10. The van der Waals surface area contributed by atoms with Crippen LogP contribution in [0.5, 0.6) is 0 Å².